The molecule has 3 heteroatoms. The standard InChI is InChI=1S/C12H16O3.CH4/c1-8(2)15-11-7-10(12(13)14-4)6-5-9(11)3;/h5-8H,1-4H3;1H4. The molecule has 0 aliphatic carbocycles. The van der Waals surface area contributed by atoms with E-state index in [0.717, 1.165) is 11.3 Å². The lowest BCUT2D eigenvalue weighted by molar-refractivity contribution is 0.0600. The highest BCUT2D eigenvalue weighted by atomic mass is 16.5. The fourth-order valence-electron chi connectivity index (χ4n) is 1.23. The van der Waals surface area contributed by atoms with Crippen molar-refractivity contribution in [3.05, 3.63) is 29.3 Å². The monoisotopic (exact) mass is 224 g/mol. The van der Waals surface area contributed by atoms with Gasteiger partial charge in [-0.2, -0.15) is 0 Å². The van der Waals surface area contributed by atoms with Gasteiger partial charge in [0.1, 0.15) is 5.75 Å². The van der Waals surface area contributed by atoms with Crippen molar-refractivity contribution in [2.45, 2.75) is 34.3 Å². The van der Waals surface area contributed by atoms with Crippen LogP contribution in [0.4, 0.5) is 0 Å². The molecule has 0 fully saturated rings. The molecule has 16 heavy (non-hydrogen) atoms. The molecular weight excluding hydrogens is 204 g/mol. The Morgan fingerprint density at radius 2 is 1.94 bits per heavy atom. The molecule has 0 saturated heterocycles. The van der Waals surface area contributed by atoms with Crippen LogP contribution in [0.5, 0.6) is 5.75 Å². The second-order valence-corrected chi connectivity index (χ2v) is 3.64. The molecule has 0 bridgehead atoms. The van der Waals surface area contributed by atoms with E-state index >= 15 is 0 Å². The van der Waals surface area contributed by atoms with E-state index in [1.54, 1.807) is 12.1 Å². The largest absolute Gasteiger partial charge is 0.491 e. The molecule has 0 atom stereocenters. The van der Waals surface area contributed by atoms with E-state index < -0.39 is 0 Å². The van der Waals surface area contributed by atoms with Crippen LogP contribution in [0.3, 0.4) is 0 Å². The van der Waals surface area contributed by atoms with Gasteiger partial charge in [-0.1, -0.05) is 13.5 Å². The van der Waals surface area contributed by atoms with Crippen molar-refractivity contribution in [1.29, 1.82) is 0 Å². The first-order valence-electron chi connectivity index (χ1n) is 4.90. The third-order valence-corrected chi connectivity index (χ3v) is 1.97. The summed E-state index contributed by atoms with van der Waals surface area (Å²) in [6, 6.07) is 5.29. The lowest BCUT2D eigenvalue weighted by atomic mass is 10.1. The average molecular weight is 224 g/mol. The minimum atomic E-state index is -0.344. The smallest absolute Gasteiger partial charge is 0.337 e. The molecule has 90 valence electrons. The van der Waals surface area contributed by atoms with Crippen molar-refractivity contribution in [2.24, 2.45) is 0 Å². The molecule has 1 aromatic carbocycles. The van der Waals surface area contributed by atoms with E-state index in [2.05, 4.69) is 4.74 Å². The number of aryl methyl sites for hydroxylation is 1. The van der Waals surface area contributed by atoms with Gasteiger partial charge in [0.25, 0.3) is 0 Å². The van der Waals surface area contributed by atoms with Gasteiger partial charge in [0.15, 0.2) is 0 Å². The van der Waals surface area contributed by atoms with Crippen molar-refractivity contribution < 1.29 is 14.3 Å². The zero-order chi connectivity index (χ0) is 11.4. The van der Waals surface area contributed by atoms with Crippen LogP contribution >= 0.6 is 0 Å². The quantitative estimate of drug-likeness (QED) is 0.739. The Balaban J connectivity index is 0.00000225. The summed E-state index contributed by atoms with van der Waals surface area (Å²) in [5.41, 5.74) is 1.52. The maximum Gasteiger partial charge on any atom is 0.337 e. The molecule has 0 spiro atoms. The van der Waals surface area contributed by atoms with Gasteiger partial charge >= 0.3 is 5.97 Å². The van der Waals surface area contributed by atoms with Gasteiger partial charge in [0.05, 0.1) is 18.8 Å². The lowest BCUT2D eigenvalue weighted by Gasteiger charge is -2.13. The molecule has 0 aliphatic heterocycles. The molecule has 0 amide bonds. The zero-order valence-corrected chi connectivity index (χ0v) is 9.53. The maximum atomic E-state index is 11.3. The molecule has 1 rings (SSSR count). The first kappa shape index (κ1) is 14.5. The summed E-state index contributed by atoms with van der Waals surface area (Å²) in [7, 11) is 1.37. The van der Waals surface area contributed by atoms with Gasteiger partial charge in [-0.15, -0.1) is 0 Å². The highest BCUT2D eigenvalue weighted by Crippen LogP contribution is 2.21. The van der Waals surface area contributed by atoms with Crippen LogP contribution in [0.15, 0.2) is 18.2 Å². The number of benzene rings is 1. The normalized spacial score (nSPS) is 9.56. The summed E-state index contributed by atoms with van der Waals surface area (Å²) in [6.45, 7) is 5.84. The number of carbonyl (C=O) groups is 1. The molecule has 1 aromatic rings. The first-order chi connectivity index (χ1) is 7.04. The van der Waals surface area contributed by atoms with E-state index in [-0.39, 0.29) is 19.5 Å². The molecule has 0 aromatic heterocycles. The van der Waals surface area contributed by atoms with Gasteiger partial charge in [-0.05, 0) is 38.5 Å². The number of hydrogen-bond donors (Lipinski definition) is 0. The SMILES string of the molecule is C.COC(=O)c1ccc(C)c(OC(C)C)c1. The van der Waals surface area contributed by atoms with Crippen molar-refractivity contribution in [3.63, 3.8) is 0 Å². The van der Waals surface area contributed by atoms with Crippen LogP contribution in [0.1, 0.15) is 37.2 Å². The van der Waals surface area contributed by atoms with Gasteiger partial charge in [-0.25, -0.2) is 4.79 Å². The van der Waals surface area contributed by atoms with Crippen molar-refractivity contribution >= 4 is 5.97 Å². The minimum absolute atomic E-state index is 0. The van der Waals surface area contributed by atoms with E-state index in [1.807, 2.05) is 26.8 Å². The van der Waals surface area contributed by atoms with Gasteiger partial charge < -0.3 is 9.47 Å². The molecular formula is C13H20O3. The van der Waals surface area contributed by atoms with Crippen LogP contribution in [0.25, 0.3) is 0 Å². The molecule has 0 aliphatic rings. The second-order valence-electron chi connectivity index (χ2n) is 3.64. The summed E-state index contributed by atoms with van der Waals surface area (Å²) in [5, 5.41) is 0. The number of ether oxygens (including phenoxy) is 2. The summed E-state index contributed by atoms with van der Waals surface area (Å²) in [6.07, 6.45) is 0.0941. The fraction of sp³-hybridized carbons (Fsp3) is 0.462. The van der Waals surface area contributed by atoms with Crippen LogP contribution in [-0.4, -0.2) is 19.2 Å². The molecule has 3 nitrogen and oxygen atoms in total. The molecule has 0 radical (unpaired) electrons. The highest BCUT2D eigenvalue weighted by Gasteiger charge is 2.09. The summed E-state index contributed by atoms with van der Waals surface area (Å²) < 4.78 is 10.2. The molecule has 0 unspecified atom stereocenters. The molecule has 0 heterocycles. The lowest BCUT2D eigenvalue weighted by Crippen LogP contribution is -2.08. The van der Waals surface area contributed by atoms with E-state index in [9.17, 15) is 4.79 Å². The predicted molar refractivity (Wildman–Crippen MR) is 65.0 cm³/mol. The number of carbonyl (C=O) groups excluding carboxylic acids is 1. The Labute approximate surface area is 97.4 Å². The number of hydrogen-bond acceptors (Lipinski definition) is 3. The van der Waals surface area contributed by atoms with Crippen molar-refractivity contribution in [3.8, 4) is 5.75 Å². The van der Waals surface area contributed by atoms with E-state index in [1.165, 1.54) is 7.11 Å². The van der Waals surface area contributed by atoms with E-state index in [0.29, 0.717) is 5.56 Å². The van der Waals surface area contributed by atoms with Gasteiger partial charge in [0, 0.05) is 0 Å². The fourth-order valence-corrected chi connectivity index (χ4v) is 1.23. The Morgan fingerprint density at radius 3 is 2.44 bits per heavy atom. The third-order valence-electron chi connectivity index (χ3n) is 1.97. The summed E-state index contributed by atoms with van der Waals surface area (Å²) in [4.78, 5) is 11.3. The maximum absolute atomic E-state index is 11.3. The second kappa shape index (κ2) is 6.16. The zero-order valence-electron chi connectivity index (χ0n) is 9.53. The number of methoxy groups -OCH3 is 1. The van der Waals surface area contributed by atoms with Crippen molar-refractivity contribution in [2.75, 3.05) is 7.11 Å². The van der Waals surface area contributed by atoms with Crippen LogP contribution in [0, 0.1) is 6.92 Å². The number of rotatable bonds is 3. The van der Waals surface area contributed by atoms with Gasteiger partial charge in [0.2, 0.25) is 0 Å². The first-order valence-corrected chi connectivity index (χ1v) is 4.90. The minimum Gasteiger partial charge on any atom is -0.491 e. The average Bonchev–Trinajstić information content (AvgIpc) is 2.19. The topological polar surface area (TPSA) is 35.5 Å². The van der Waals surface area contributed by atoms with Crippen LogP contribution in [-0.2, 0) is 4.74 Å². The van der Waals surface area contributed by atoms with Crippen molar-refractivity contribution in [1.82, 2.24) is 0 Å². The predicted octanol–water partition coefficient (Wildman–Crippen LogP) is 3.20. The number of esters is 1. The molecule has 0 saturated carbocycles. The highest BCUT2D eigenvalue weighted by molar-refractivity contribution is 5.89. The van der Waals surface area contributed by atoms with Crippen LogP contribution in [0.2, 0.25) is 0 Å². The summed E-state index contributed by atoms with van der Waals surface area (Å²) in [5.74, 6) is 0.386. The Hall–Kier alpha value is -1.51. The Kier molecular flexibility index (Phi) is 5.57. The Bertz CT molecular complexity index is 356. The Morgan fingerprint density at radius 1 is 1.31 bits per heavy atom. The third kappa shape index (κ3) is 3.57. The van der Waals surface area contributed by atoms with Crippen LogP contribution < -0.4 is 4.74 Å². The molecule has 0 N–H and O–H groups in total. The summed E-state index contributed by atoms with van der Waals surface area (Å²) >= 11 is 0. The van der Waals surface area contributed by atoms with Gasteiger partial charge in [-0.3, -0.25) is 0 Å². The van der Waals surface area contributed by atoms with E-state index in [4.69, 9.17) is 4.74 Å².